The number of alkyl carbamates (subject to hydrolysis) is 1. The van der Waals surface area contributed by atoms with Gasteiger partial charge in [0.25, 0.3) is 0 Å². The fraction of sp³-hybridized carbons (Fsp3) is 0.943. The molecule has 0 radical (unpaired) electrons. The Kier molecular flexibility index (Phi) is 27.9. The first-order valence-corrected chi connectivity index (χ1v) is 30.6. The Morgan fingerprint density at radius 3 is 0.865 bits per heavy atom. The van der Waals surface area contributed by atoms with Gasteiger partial charge in [0.2, 0.25) is 0 Å². The van der Waals surface area contributed by atoms with E-state index in [1.807, 2.05) is 0 Å². The number of aliphatic hydroxyl groups is 20. The molecule has 15 heterocycles. The Bertz CT molecular complexity index is 2440. The zero-order valence-electron chi connectivity index (χ0n) is 51.5. The summed E-state index contributed by atoms with van der Waals surface area (Å²) in [5.41, 5.74) is 1.17. The summed E-state index contributed by atoms with van der Waals surface area (Å²) in [5.74, 6) is -2.85. The van der Waals surface area contributed by atoms with Crippen LogP contribution in [0.3, 0.4) is 0 Å². The fourth-order valence-corrected chi connectivity index (χ4v) is 12.0. The molecule has 0 unspecified atom stereocenters. The molecule has 24 N–H and O–H groups in total. The van der Waals surface area contributed by atoms with E-state index in [1.54, 1.807) is 0 Å². The highest BCUT2D eigenvalue weighted by molar-refractivity contribution is 5.85. The lowest BCUT2D eigenvalue weighted by Crippen LogP contribution is -2.70. The molecule has 0 aromatic heterocycles. The highest BCUT2D eigenvalue weighted by Crippen LogP contribution is 2.39. The number of carbonyl (C=O) groups is 3. The third-order valence-corrected chi connectivity index (χ3v) is 16.9. The molecule has 15 aliphatic rings. The van der Waals surface area contributed by atoms with Gasteiger partial charge in [-0.1, -0.05) is 0 Å². The van der Waals surface area contributed by atoms with Crippen LogP contribution in [0.2, 0.25) is 0 Å². The predicted molar refractivity (Wildman–Crippen MR) is 294 cm³/mol. The average Bonchev–Trinajstić information content (AvgIpc) is 0.780. The molecule has 43 nitrogen and oxygen atoms in total. The first-order chi connectivity index (χ1) is 45.4. The van der Waals surface area contributed by atoms with Crippen molar-refractivity contribution in [2.75, 3.05) is 59.3 Å². The van der Waals surface area contributed by atoms with E-state index < -0.39 is 310 Å². The Hall–Kier alpha value is -3.23. The van der Waals surface area contributed by atoms with Gasteiger partial charge in [-0.15, -0.1) is 0 Å². The Balaban J connectivity index is 1.08. The number of aliphatic hydroxyl groups excluding tert-OH is 20. The fourth-order valence-electron chi connectivity index (χ4n) is 12.0. The molecule has 0 aromatic rings. The molecule has 15 aliphatic heterocycles. The number of hydrogen-bond donors (Lipinski definition) is 24. The number of carboxylic acid groups (broad SMARTS) is 1. The van der Waals surface area contributed by atoms with Crippen molar-refractivity contribution in [1.82, 2.24) is 16.1 Å². The van der Waals surface area contributed by atoms with Crippen LogP contribution in [-0.4, -0.2) is 411 Å². The number of fused-ring (bicyclic) bond motifs is 7. The molecule has 14 bridgehead atoms. The first-order valence-electron chi connectivity index (χ1n) is 30.6. The van der Waals surface area contributed by atoms with E-state index in [0.29, 0.717) is 0 Å². The number of carbonyl (C=O) groups excluding carboxylic acids is 2. The molecule has 15 saturated heterocycles. The van der Waals surface area contributed by atoms with Crippen LogP contribution in [0.25, 0.3) is 0 Å². The monoisotopic (exact) mass is 1410 g/mol. The lowest BCUT2D eigenvalue weighted by Gasteiger charge is -2.50. The first kappa shape index (κ1) is 78.5. The quantitative estimate of drug-likeness (QED) is 0.0504. The minimum absolute atomic E-state index is 0.446. The SMILES string of the molecule is CC(C)(C)OC(=O)N[C@@H](CC(=O)O)C(=O)ONCCN[C@H]1[C@H]2O[C@H]3[C@H](O)[C@@H](O)[C@@H](O[C@H]4[C@H](O)[C@@H](O)[C@@H](O[C@H]5[C@H](O)[C@@H](O)[C@@H](O[C@H]6[C@H](O)[C@@H](O)[C@@H](O[C@H]7[C@H](O)[C@@H](O)[C@@H](O[C@H]8[C@H](O)[C@@H](O)[C@@H](O[C@@H]([C@@H]1O)[C@@H](CO)O2)O[C@@H]8CO)O[C@@H]7CO)O[C@@H]6CO)O[C@@H]5CO)O[C@@H]4CO)O[C@@H]3CO. The zero-order valence-corrected chi connectivity index (χ0v) is 51.5. The van der Waals surface area contributed by atoms with Crippen molar-refractivity contribution in [2.45, 2.75) is 254 Å². The van der Waals surface area contributed by atoms with Gasteiger partial charge in [0, 0.05) is 13.1 Å². The number of hydroxylamine groups is 1. The van der Waals surface area contributed by atoms with E-state index in [-0.39, 0.29) is 0 Å². The molecule has 36 atom stereocenters. The average molecular weight is 1410 g/mol. The minimum atomic E-state index is -2.29. The lowest BCUT2D eigenvalue weighted by atomic mass is 9.94. The van der Waals surface area contributed by atoms with Gasteiger partial charge >= 0.3 is 18.0 Å². The molecular weight excluding hydrogens is 1320 g/mol. The van der Waals surface area contributed by atoms with Gasteiger partial charge in [-0.3, -0.25) is 4.79 Å². The van der Waals surface area contributed by atoms with Crippen molar-refractivity contribution in [3.8, 4) is 0 Å². The molecule has 0 saturated carbocycles. The van der Waals surface area contributed by atoms with Gasteiger partial charge in [0.15, 0.2) is 44.0 Å². The summed E-state index contributed by atoms with van der Waals surface area (Å²) >= 11 is 0. The largest absolute Gasteiger partial charge is 0.481 e. The Morgan fingerprint density at radius 2 is 0.615 bits per heavy atom. The van der Waals surface area contributed by atoms with Crippen molar-refractivity contribution < 1.29 is 198 Å². The standard InChI is InChI=1S/C53H89N3O40/c1-53(2,3)95-52(80)56-14(6-22(64)65)44(79)96-55-5-4-54-23-24(66)37-15(7-57)81-45(23)88-38-16(8-58)82-47(31(73)25(38)67)90-40-18(10-60)84-49(33(75)27(40)69)92-42-20(12-62)86-51(35(77)29(42)71)94-43-21(13-63)87-50(36(78)30(43)72)93-41-19(11-61)85-48(34(76)28(41)70)91-39-17(9-59)83-46(89-37)32(74)26(39)68/h14-21,23-43,45-51,54-55,57-63,66-78H,4-13H2,1-3H3,(H,56,80)(H,64,65)/t14-,15+,16+,17+,18+,19+,20+,21+,23+,24+,25+,26+,27+,28+,29+,30+,31+,32+,33+,34+,35+,36+,37+,38+,39+,40+,41+,42+,43+,45+,46+,47+,48+,49+,50+,51+/m0/s1. The van der Waals surface area contributed by atoms with Crippen molar-refractivity contribution in [3.05, 3.63) is 0 Å². The second kappa shape index (κ2) is 34.2. The molecule has 0 aromatic carbocycles. The number of rotatable bonds is 16. The number of hydrogen-bond acceptors (Lipinski definition) is 41. The summed E-state index contributed by atoms with van der Waals surface area (Å²) in [7, 11) is 0. The van der Waals surface area contributed by atoms with Crippen LogP contribution in [0.5, 0.6) is 0 Å². The van der Waals surface area contributed by atoms with Crippen molar-refractivity contribution in [2.24, 2.45) is 0 Å². The van der Waals surface area contributed by atoms with E-state index in [9.17, 15) is 122 Å². The zero-order chi connectivity index (χ0) is 70.5. The summed E-state index contributed by atoms with van der Waals surface area (Å²) in [5, 5.41) is 239. The molecule has 15 rings (SSSR count). The van der Waals surface area contributed by atoms with Gasteiger partial charge in [-0.05, 0) is 20.8 Å². The van der Waals surface area contributed by atoms with Gasteiger partial charge in [-0.2, -0.15) is 5.48 Å². The van der Waals surface area contributed by atoms with Crippen LogP contribution < -0.4 is 16.1 Å². The van der Waals surface area contributed by atoms with E-state index in [1.165, 1.54) is 20.8 Å². The second-order valence-electron chi connectivity index (χ2n) is 24.8. The predicted octanol–water partition coefficient (Wildman–Crippen LogP) is -15.2. The van der Waals surface area contributed by atoms with Crippen LogP contribution in [0.15, 0.2) is 0 Å². The maximum atomic E-state index is 13.0. The third kappa shape index (κ3) is 17.6. The van der Waals surface area contributed by atoms with Gasteiger partial charge in [0.05, 0.1) is 58.7 Å². The number of aliphatic carboxylic acids is 1. The Morgan fingerprint density at radius 1 is 0.365 bits per heavy atom. The van der Waals surface area contributed by atoms with E-state index in [0.717, 1.165) is 0 Å². The lowest BCUT2D eigenvalue weighted by molar-refractivity contribution is -0.396. The van der Waals surface area contributed by atoms with Gasteiger partial charge in [-0.25, -0.2) is 9.59 Å². The van der Waals surface area contributed by atoms with Crippen LogP contribution in [0.1, 0.15) is 27.2 Å². The molecule has 0 spiro atoms. The highest BCUT2D eigenvalue weighted by Gasteiger charge is 2.60. The van der Waals surface area contributed by atoms with E-state index in [4.69, 9.17) is 75.9 Å². The molecular formula is C53H89N3O40. The normalized spacial score (nSPS) is 47.1. The summed E-state index contributed by atoms with van der Waals surface area (Å²) in [6.07, 6.45) is -72.0. The molecule has 43 heteroatoms. The van der Waals surface area contributed by atoms with Crippen molar-refractivity contribution >= 4 is 18.0 Å². The number of nitrogens with one attached hydrogen (secondary N) is 3. The van der Waals surface area contributed by atoms with Crippen LogP contribution >= 0.6 is 0 Å². The third-order valence-electron chi connectivity index (χ3n) is 16.9. The molecule has 556 valence electrons. The number of ether oxygens (including phenoxy) is 15. The maximum Gasteiger partial charge on any atom is 0.408 e. The van der Waals surface area contributed by atoms with Crippen molar-refractivity contribution in [3.63, 3.8) is 0 Å². The molecule has 1 amide bonds. The minimum Gasteiger partial charge on any atom is -0.481 e. The number of carboxylic acids is 1. The summed E-state index contributed by atoms with van der Waals surface area (Å²) < 4.78 is 86.5. The molecule has 15 fully saturated rings. The summed E-state index contributed by atoms with van der Waals surface area (Å²) in [6.45, 7) is -4.09. The van der Waals surface area contributed by atoms with E-state index in [2.05, 4.69) is 16.1 Å². The van der Waals surface area contributed by atoms with Gasteiger partial charge < -0.3 is 194 Å². The van der Waals surface area contributed by atoms with Gasteiger partial charge in [0.1, 0.15) is 176 Å². The van der Waals surface area contributed by atoms with Crippen LogP contribution in [0.4, 0.5) is 4.79 Å². The molecule has 96 heavy (non-hydrogen) atoms. The van der Waals surface area contributed by atoms with E-state index >= 15 is 0 Å². The second-order valence-corrected chi connectivity index (χ2v) is 24.8. The van der Waals surface area contributed by atoms with Crippen LogP contribution in [-0.2, 0) is 85.5 Å². The number of amides is 1. The van der Waals surface area contributed by atoms with Crippen LogP contribution in [0, 0.1) is 0 Å². The topological polar surface area (TPSA) is 660 Å². The summed E-state index contributed by atoms with van der Waals surface area (Å²) in [6, 6.07) is -3.55. The van der Waals surface area contributed by atoms with Crippen molar-refractivity contribution in [1.29, 1.82) is 0 Å². The maximum absolute atomic E-state index is 13.0. The summed E-state index contributed by atoms with van der Waals surface area (Å²) in [4.78, 5) is 42.1. The smallest absolute Gasteiger partial charge is 0.408 e. The highest BCUT2D eigenvalue weighted by atomic mass is 16.8. The Labute approximate surface area is 543 Å². The molecule has 0 aliphatic carbocycles.